The average Bonchev–Trinajstić information content (AvgIpc) is 3.04. The molecule has 7 heteroatoms. The fourth-order valence-corrected chi connectivity index (χ4v) is 6.57. The molecule has 2 N–H and O–H groups in total. The number of rotatable bonds is 3. The lowest BCUT2D eigenvalue weighted by molar-refractivity contribution is -0.157. The Morgan fingerprint density at radius 3 is 2.67 bits per heavy atom. The van der Waals surface area contributed by atoms with Crippen LogP contribution in [-0.4, -0.2) is 40.1 Å². The summed E-state index contributed by atoms with van der Waals surface area (Å²) in [5.41, 5.74) is 2.88. The molecule has 7 nitrogen and oxygen atoms in total. The van der Waals surface area contributed by atoms with Crippen LogP contribution in [0.4, 0.5) is 0 Å². The summed E-state index contributed by atoms with van der Waals surface area (Å²) < 4.78 is 6.01. The second-order valence-electron chi connectivity index (χ2n) is 9.50. The maximum atomic E-state index is 12.6. The fraction of sp³-hybridized carbons (Fsp3) is 0.478. The minimum absolute atomic E-state index is 0.00887. The summed E-state index contributed by atoms with van der Waals surface area (Å²) in [6, 6.07) is 5.76. The van der Waals surface area contributed by atoms with Gasteiger partial charge in [0.2, 0.25) is 5.96 Å². The smallest absolute Gasteiger partial charge is 0.276 e. The van der Waals surface area contributed by atoms with E-state index in [9.17, 15) is 4.79 Å². The van der Waals surface area contributed by atoms with Gasteiger partial charge in [-0.3, -0.25) is 20.1 Å². The van der Waals surface area contributed by atoms with E-state index in [1.165, 1.54) is 6.42 Å². The Balaban J connectivity index is 1.27. The van der Waals surface area contributed by atoms with Crippen LogP contribution in [0.3, 0.4) is 0 Å². The maximum Gasteiger partial charge on any atom is 0.276 e. The van der Waals surface area contributed by atoms with Crippen molar-refractivity contribution in [3.63, 3.8) is 0 Å². The number of methoxy groups -OCH3 is 1. The maximum absolute atomic E-state index is 12.6. The van der Waals surface area contributed by atoms with Crippen molar-refractivity contribution < 1.29 is 9.53 Å². The van der Waals surface area contributed by atoms with Crippen LogP contribution in [-0.2, 0) is 9.53 Å². The molecular formula is C23H25N5O2. The van der Waals surface area contributed by atoms with E-state index in [4.69, 9.17) is 4.74 Å². The van der Waals surface area contributed by atoms with Crippen molar-refractivity contribution in [2.24, 2.45) is 16.8 Å². The summed E-state index contributed by atoms with van der Waals surface area (Å²) in [5.74, 6) is 1.79. The van der Waals surface area contributed by atoms with Crippen molar-refractivity contribution in [3.8, 4) is 0 Å². The lowest BCUT2D eigenvalue weighted by atomic mass is 9.51. The third-order valence-corrected chi connectivity index (χ3v) is 7.32. The van der Waals surface area contributed by atoms with Gasteiger partial charge in [-0.1, -0.05) is 6.07 Å². The zero-order valence-electron chi connectivity index (χ0n) is 17.0. The number of guanidine groups is 1. The summed E-state index contributed by atoms with van der Waals surface area (Å²) in [6.45, 7) is 0. The van der Waals surface area contributed by atoms with E-state index < -0.39 is 0 Å². The van der Waals surface area contributed by atoms with Gasteiger partial charge < -0.3 is 10.1 Å². The molecule has 5 aliphatic rings. The van der Waals surface area contributed by atoms with Crippen LogP contribution < -0.4 is 10.6 Å². The van der Waals surface area contributed by atoms with Crippen LogP contribution in [0.2, 0.25) is 0 Å². The van der Waals surface area contributed by atoms with Gasteiger partial charge in [-0.15, -0.1) is 0 Å². The van der Waals surface area contributed by atoms with Gasteiger partial charge in [-0.2, -0.15) is 0 Å². The van der Waals surface area contributed by atoms with E-state index in [1.807, 2.05) is 25.3 Å². The first-order chi connectivity index (χ1) is 14.5. The predicted molar refractivity (Wildman–Crippen MR) is 113 cm³/mol. The lowest BCUT2D eigenvalue weighted by Gasteiger charge is -2.61. The first-order valence-electron chi connectivity index (χ1n) is 10.7. The van der Waals surface area contributed by atoms with Crippen LogP contribution in [0.25, 0.3) is 17.1 Å². The van der Waals surface area contributed by atoms with Crippen molar-refractivity contribution in [1.29, 1.82) is 0 Å². The van der Waals surface area contributed by atoms with E-state index in [0.29, 0.717) is 23.5 Å². The molecule has 0 radical (unpaired) electrons. The molecule has 0 saturated heterocycles. The average molecular weight is 403 g/mol. The molecule has 2 aromatic rings. The third kappa shape index (κ3) is 2.91. The second-order valence-corrected chi connectivity index (χ2v) is 9.50. The number of nitrogens with one attached hydrogen (secondary N) is 2. The normalized spacial score (nSPS) is 35.7. The number of aliphatic imine (C=N–C) groups is 1. The number of benzene rings is 1. The van der Waals surface area contributed by atoms with Crippen molar-refractivity contribution in [3.05, 3.63) is 41.9 Å². The van der Waals surface area contributed by atoms with Crippen LogP contribution in [0.15, 0.2) is 41.3 Å². The van der Waals surface area contributed by atoms with Crippen molar-refractivity contribution >= 4 is 29.0 Å². The van der Waals surface area contributed by atoms with Gasteiger partial charge in [0.15, 0.2) is 0 Å². The van der Waals surface area contributed by atoms with Gasteiger partial charge in [0.05, 0.1) is 16.6 Å². The fourth-order valence-electron chi connectivity index (χ4n) is 6.57. The summed E-state index contributed by atoms with van der Waals surface area (Å²) in [4.78, 5) is 25.8. The molecular weight excluding hydrogens is 378 g/mol. The van der Waals surface area contributed by atoms with E-state index in [0.717, 1.165) is 48.7 Å². The molecule has 4 saturated carbocycles. The highest BCUT2D eigenvalue weighted by molar-refractivity contribution is 6.14. The van der Waals surface area contributed by atoms with Crippen molar-refractivity contribution in [1.82, 2.24) is 20.6 Å². The molecule has 4 fully saturated rings. The predicted octanol–water partition coefficient (Wildman–Crippen LogP) is 2.78. The van der Waals surface area contributed by atoms with E-state index in [-0.39, 0.29) is 17.0 Å². The minimum Gasteiger partial charge on any atom is -0.378 e. The Bertz CT molecular complexity index is 1090. The molecule has 1 aromatic carbocycles. The highest BCUT2D eigenvalue weighted by Crippen LogP contribution is 2.58. The number of amides is 1. The quantitative estimate of drug-likeness (QED) is 0.770. The molecule has 30 heavy (non-hydrogen) atoms. The molecule has 7 rings (SSSR count). The number of aromatic nitrogens is 2. The molecule has 1 aliphatic heterocycles. The van der Waals surface area contributed by atoms with Crippen LogP contribution >= 0.6 is 0 Å². The number of hydrogen-bond donors (Lipinski definition) is 2. The van der Waals surface area contributed by atoms with Gasteiger partial charge in [0.1, 0.15) is 5.70 Å². The molecule has 1 aromatic heterocycles. The van der Waals surface area contributed by atoms with Crippen LogP contribution in [0.5, 0.6) is 0 Å². The standard InChI is InChI=1S/C23H25N5O2/c1-30-23-11-15-6-16(12-23)10-22(9-15,13-23)28-21-26-19(20(29)27-21)8-14-2-3-17-18(7-14)25-5-4-24-17/h2-5,7-8,15-16H,6,9-13H2,1H3,(H2,26,27,28,29)/b19-8-. The Morgan fingerprint density at radius 2 is 1.90 bits per heavy atom. The zero-order chi connectivity index (χ0) is 20.3. The van der Waals surface area contributed by atoms with Gasteiger partial charge >= 0.3 is 0 Å². The topological polar surface area (TPSA) is 88.5 Å². The van der Waals surface area contributed by atoms with E-state index >= 15 is 0 Å². The van der Waals surface area contributed by atoms with E-state index in [1.54, 1.807) is 18.5 Å². The Hall–Kier alpha value is -2.80. The third-order valence-electron chi connectivity index (χ3n) is 7.32. The monoisotopic (exact) mass is 403 g/mol. The highest BCUT2D eigenvalue weighted by Gasteiger charge is 2.58. The summed E-state index contributed by atoms with van der Waals surface area (Å²) >= 11 is 0. The lowest BCUT2D eigenvalue weighted by Crippen LogP contribution is -2.66. The number of carbonyl (C=O) groups excluding carboxylic acids is 1. The van der Waals surface area contributed by atoms with Crippen LogP contribution in [0.1, 0.15) is 44.1 Å². The second kappa shape index (κ2) is 6.35. The van der Waals surface area contributed by atoms with Crippen LogP contribution in [0, 0.1) is 11.8 Å². The molecule has 2 atom stereocenters. The first-order valence-corrected chi connectivity index (χ1v) is 10.7. The zero-order valence-corrected chi connectivity index (χ0v) is 17.0. The first kappa shape index (κ1) is 18.0. The number of ether oxygens (including phenoxy) is 1. The summed E-state index contributed by atoms with van der Waals surface area (Å²) in [6.07, 6.45) is 12.0. The molecule has 2 unspecified atom stereocenters. The summed E-state index contributed by atoms with van der Waals surface area (Å²) in [7, 11) is 1.85. The van der Waals surface area contributed by atoms with Gasteiger partial charge in [0.25, 0.3) is 5.91 Å². The Morgan fingerprint density at radius 1 is 1.13 bits per heavy atom. The van der Waals surface area contributed by atoms with E-state index in [2.05, 4.69) is 25.6 Å². The van der Waals surface area contributed by atoms with Gasteiger partial charge in [-0.25, -0.2) is 4.99 Å². The molecule has 0 spiro atoms. The SMILES string of the molecule is COC12CC3CC(CC(NC4=N/C(=C\c5ccc6nccnc6c5)C(=O)N4)(C3)C1)C2. The molecule has 154 valence electrons. The Kier molecular flexibility index (Phi) is 3.81. The number of carbonyl (C=O) groups is 1. The minimum atomic E-state index is -0.178. The van der Waals surface area contributed by atoms with Crippen molar-refractivity contribution in [2.75, 3.05) is 7.11 Å². The molecule has 4 aliphatic carbocycles. The molecule has 1 amide bonds. The summed E-state index contributed by atoms with van der Waals surface area (Å²) in [5, 5.41) is 6.56. The highest BCUT2D eigenvalue weighted by atomic mass is 16.5. The molecule has 4 bridgehead atoms. The largest absolute Gasteiger partial charge is 0.378 e. The molecule has 2 heterocycles. The van der Waals surface area contributed by atoms with Crippen molar-refractivity contribution in [2.45, 2.75) is 49.7 Å². The Labute approximate surface area is 175 Å². The number of hydrogen-bond acceptors (Lipinski definition) is 6. The van der Waals surface area contributed by atoms with Gasteiger partial charge in [0, 0.05) is 25.0 Å². The number of fused-ring (bicyclic) bond motifs is 1. The number of nitrogens with zero attached hydrogens (tertiary/aromatic N) is 3. The van der Waals surface area contributed by atoms with Gasteiger partial charge in [-0.05, 0) is 74.1 Å².